The topological polar surface area (TPSA) is 129 Å². The van der Waals surface area contributed by atoms with E-state index in [1.807, 2.05) is 0 Å². The van der Waals surface area contributed by atoms with Gasteiger partial charge in [-0.2, -0.15) is 23.4 Å². The number of carbonyl (C=O) groups excluding carboxylic acids is 1. The fourth-order valence-electron chi connectivity index (χ4n) is 3.31. The number of aromatic nitrogens is 6. The summed E-state index contributed by atoms with van der Waals surface area (Å²) in [5.41, 5.74) is 0.433. The summed E-state index contributed by atoms with van der Waals surface area (Å²) in [4.78, 5) is 25.9. The first kappa shape index (κ1) is 23.8. The second-order valence-corrected chi connectivity index (χ2v) is 7.18. The lowest BCUT2D eigenvalue weighted by Gasteiger charge is -2.18. The summed E-state index contributed by atoms with van der Waals surface area (Å²) in [5, 5.41) is 12.3. The van der Waals surface area contributed by atoms with Crippen LogP contribution in [0.25, 0.3) is 16.9 Å². The fourth-order valence-corrected chi connectivity index (χ4v) is 3.31. The van der Waals surface area contributed by atoms with Gasteiger partial charge in [0.1, 0.15) is 11.1 Å². The predicted molar refractivity (Wildman–Crippen MR) is 118 cm³/mol. The summed E-state index contributed by atoms with van der Waals surface area (Å²) in [5.74, 6) is -0.189. The number of hydrogen-bond acceptors (Lipinski definition) is 8. The average molecular weight is 488 g/mol. The van der Waals surface area contributed by atoms with Gasteiger partial charge in [0, 0.05) is 18.7 Å². The number of methoxy groups -OCH3 is 2. The largest absolute Gasteiger partial charge is 0.481 e. The number of alkyl halides is 3. The number of carbonyl (C=O) groups is 1. The minimum atomic E-state index is -4.77. The van der Waals surface area contributed by atoms with Gasteiger partial charge >= 0.3 is 12.2 Å². The first-order valence-electron chi connectivity index (χ1n) is 10.1. The van der Waals surface area contributed by atoms with E-state index in [-0.39, 0.29) is 11.4 Å². The maximum Gasteiger partial charge on any atom is 0.420 e. The van der Waals surface area contributed by atoms with Crippen LogP contribution in [-0.2, 0) is 10.9 Å². The van der Waals surface area contributed by atoms with Gasteiger partial charge < -0.3 is 20.1 Å². The maximum absolute atomic E-state index is 13.6. The quantitative estimate of drug-likeness (QED) is 0.417. The van der Waals surface area contributed by atoms with Crippen molar-refractivity contribution in [2.45, 2.75) is 19.2 Å². The molecule has 2 amide bonds. The van der Waals surface area contributed by atoms with Gasteiger partial charge in [-0.1, -0.05) is 0 Å². The number of anilines is 2. The lowest BCUT2D eigenvalue weighted by molar-refractivity contribution is -0.137. The number of hydrogen-bond donors (Lipinski definition) is 2. The Morgan fingerprint density at radius 2 is 1.83 bits per heavy atom. The Kier molecular flexibility index (Phi) is 6.46. The molecule has 0 aromatic carbocycles. The zero-order valence-electron chi connectivity index (χ0n) is 18.7. The molecule has 14 heteroatoms. The van der Waals surface area contributed by atoms with Gasteiger partial charge in [0.25, 0.3) is 0 Å². The third-order valence-electron chi connectivity index (χ3n) is 4.98. The normalized spacial score (nSPS) is 12.4. The third kappa shape index (κ3) is 4.96. The minimum Gasteiger partial charge on any atom is -0.481 e. The molecule has 0 radical (unpaired) electrons. The van der Waals surface area contributed by atoms with Crippen molar-refractivity contribution in [3.05, 3.63) is 54.1 Å². The number of ether oxygens (including phenoxy) is 2. The van der Waals surface area contributed by atoms with Crippen molar-refractivity contribution in [2.75, 3.05) is 24.9 Å². The Labute approximate surface area is 196 Å². The van der Waals surface area contributed by atoms with E-state index in [4.69, 9.17) is 9.47 Å². The van der Waals surface area contributed by atoms with E-state index in [0.29, 0.717) is 22.5 Å². The van der Waals surface area contributed by atoms with Crippen molar-refractivity contribution >= 4 is 28.4 Å². The Balaban J connectivity index is 1.65. The number of rotatable bonds is 6. The summed E-state index contributed by atoms with van der Waals surface area (Å²) in [6.07, 6.45) is -0.346. The van der Waals surface area contributed by atoms with Crippen molar-refractivity contribution in [3.8, 4) is 11.7 Å². The molecule has 11 nitrogen and oxygen atoms in total. The van der Waals surface area contributed by atoms with Crippen molar-refractivity contribution in [2.24, 2.45) is 0 Å². The van der Waals surface area contributed by atoms with Crippen molar-refractivity contribution < 1.29 is 27.4 Å². The van der Waals surface area contributed by atoms with E-state index in [0.717, 1.165) is 17.1 Å². The molecule has 1 atom stereocenters. The number of amides is 2. The molecule has 0 aliphatic carbocycles. The minimum absolute atomic E-state index is 0.194. The standard InChI is InChI=1S/C21H19F3N8O3/c1-11(34-2)17-15(10-25-14-4-5-16(35-3)31-18(14)17)30-20(33)29-12-8-13(21(22,23)24)19(26-9-12)32-27-6-7-28-32/h4-11H,1-3H3,(H2,29,30,33). The Hall–Kier alpha value is -4.33. The van der Waals surface area contributed by atoms with E-state index in [1.54, 1.807) is 19.1 Å². The highest BCUT2D eigenvalue weighted by atomic mass is 19.4. The number of fused-ring (bicyclic) bond motifs is 1. The monoisotopic (exact) mass is 488 g/mol. The van der Waals surface area contributed by atoms with Crippen LogP contribution in [0.2, 0.25) is 0 Å². The Bertz CT molecular complexity index is 1360. The number of halogens is 3. The molecular formula is C21H19F3N8O3. The Morgan fingerprint density at radius 3 is 2.49 bits per heavy atom. The van der Waals surface area contributed by atoms with Gasteiger partial charge in [-0.15, -0.1) is 4.80 Å². The fraction of sp³-hybridized carbons (Fsp3) is 0.238. The molecule has 0 spiro atoms. The summed E-state index contributed by atoms with van der Waals surface area (Å²) in [7, 11) is 2.95. The second kappa shape index (κ2) is 9.50. The summed E-state index contributed by atoms with van der Waals surface area (Å²) in [6.45, 7) is 1.75. The van der Waals surface area contributed by atoms with Gasteiger partial charge in [0.15, 0.2) is 5.82 Å². The zero-order valence-corrected chi connectivity index (χ0v) is 18.7. The molecule has 2 N–H and O–H groups in total. The highest BCUT2D eigenvalue weighted by molar-refractivity contribution is 6.01. The van der Waals surface area contributed by atoms with Gasteiger partial charge in [0.05, 0.1) is 54.9 Å². The van der Waals surface area contributed by atoms with Crippen molar-refractivity contribution in [1.82, 2.24) is 29.9 Å². The highest BCUT2D eigenvalue weighted by Gasteiger charge is 2.36. The lowest BCUT2D eigenvalue weighted by Crippen LogP contribution is -2.22. The van der Waals surface area contributed by atoms with Gasteiger partial charge in [-0.3, -0.25) is 4.98 Å². The van der Waals surface area contributed by atoms with Crippen LogP contribution in [0.15, 0.2) is 43.0 Å². The lowest BCUT2D eigenvalue weighted by atomic mass is 10.1. The van der Waals surface area contributed by atoms with E-state index < -0.39 is 29.7 Å². The first-order chi connectivity index (χ1) is 16.7. The molecule has 1 unspecified atom stereocenters. The van der Waals surface area contributed by atoms with Crippen LogP contribution < -0.4 is 15.4 Å². The van der Waals surface area contributed by atoms with Crippen LogP contribution >= 0.6 is 0 Å². The van der Waals surface area contributed by atoms with Crippen LogP contribution in [0.4, 0.5) is 29.3 Å². The molecule has 4 aromatic rings. The number of urea groups is 1. The van der Waals surface area contributed by atoms with Crippen LogP contribution in [0.5, 0.6) is 5.88 Å². The highest BCUT2D eigenvalue weighted by Crippen LogP contribution is 2.35. The Morgan fingerprint density at radius 1 is 1.09 bits per heavy atom. The smallest absolute Gasteiger partial charge is 0.420 e. The van der Waals surface area contributed by atoms with Crippen LogP contribution in [0.1, 0.15) is 24.2 Å². The van der Waals surface area contributed by atoms with Crippen LogP contribution in [0.3, 0.4) is 0 Å². The molecule has 0 saturated heterocycles. The van der Waals surface area contributed by atoms with Gasteiger partial charge in [-0.05, 0) is 19.1 Å². The summed E-state index contributed by atoms with van der Waals surface area (Å²) >= 11 is 0. The van der Waals surface area contributed by atoms with Gasteiger partial charge in [-0.25, -0.2) is 14.8 Å². The molecule has 4 heterocycles. The molecule has 182 valence electrons. The SMILES string of the molecule is COc1ccc2ncc(NC(=O)Nc3cnc(-n4nccn4)c(C(F)(F)F)c3)c(C(C)OC)c2n1. The van der Waals surface area contributed by atoms with Crippen LogP contribution in [-0.4, -0.2) is 50.2 Å². The zero-order chi connectivity index (χ0) is 25.2. The van der Waals surface area contributed by atoms with Gasteiger partial charge in [0.2, 0.25) is 5.88 Å². The molecular weight excluding hydrogens is 469 g/mol. The van der Waals surface area contributed by atoms with E-state index in [9.17, 15) is 18.0 Å². The molecule has 4 aromatic heterocycles. The number of pyridine rings is 3. The van der Waals surface area contributed by atoms with E-state index in [1.165, 1.54) is 32.8 Å². The molecule has 0 saturated carbocycles. The maximum atomic E-state index is 13.6. The molecule has 0 aliphatic heterocycles. The first-order valence-corrected chi connectivity index (χ1v) is 10.1. The molecule has 0 aliphatic rings. The third-order valence-corrected chi connectivity index (χ3v) is 4.98. The molecule has 4 rings (SSSR count). The number of nitrogens with zero attached hydrogens (tertiary/aromatic N) is 6. The molecule has 35 heavy (non-hydrogen) atoms. The van der Waals surface area contributed by atoms with Crippen LogP contribution in [0, 0.1) is 0 Å². The molecule has 0 bridgehead atoms. The second-order valence-electron chi connectivity index (χ2n) is 7.18. The summed E-state index contributed by atoms with van der Waals surface area (Å²) in [6, 6.07) is 3.27. The summed E-state index contributed by atoms with van der Waals surface area (Å²) < 4.78 is 51.5. The molecule has 0 fully saturated rings. The predicted octanol–water partition coefficient (Wildman–Crippen LogP) is 3.98. The number of nitrogens with one attached hydrogen (secondary N) is 2. The van der Waals surface area contributed by atoms with Crippen molar-refractivity contribution in [3.63, 3.8) is 0 Å². The van der Waals surface area contributed by atoms with E-state index in [2.05, 4.69) is 35.8 Å². The van der Waals surface area contributed by atoms with E-state index >= 15 is 0 Å². The van der Waals surface area contributed by atoms with Crippen molar-refractivity contribution in [1.29, 1.82) is 0 Å². The average Bonchev–Trinajstić information content (AvgIpc) is 3.37.